The maximum Gasteiger partial charge on any atom is 0.152 e. The van der Waals surface area contributed by atoms with Gasteiger partial charge < -0.3 is 5.32 Å². The Morgan fingerprint density at radius 3 is 2.40 bits per heavy atom. The van der Waals surface area contributed by atoms with E-state index in [0.717, 1.165) is 11.3 Å². The molecule has 0 atom stereocenters. The van der Waals surface area contributed by atoms with Crippen LogP contribution in [-0.2, 0) is 9.84 Å². The summed E-state index contributed by atoms with van der Waals surface area (Å²) in [6.07, 6.45) is 2.58. The summed E-state index contributed by atoms with van der Waals surface area (Å²) >= 11 is 0. The first kappa shape index (κ1) is 14.2. The van der Waals surface area contributed by atoms with E-state index in [4.69, 9.17) is 0 Å². The van der Waals surface area contributed by atoms with Gasteiger partial charge in [0.1, 0.15) is 0 Å². The zero-order valence-corrected chi connectivity index (χ0v) is 10.7. The van der Waals surface area contributed by atoms with E-state index in [9.17, 15) is 8.42 Å². The van der Waals surface area contributed by atoms with E-state index in [1.807, 2.05) is 26.8 Å². The molecule has 0 aromatic carbocycles. The standard InChI is InChI=1S/C11H21NO2S/c1-5-7-15(13,14)8-6-12-11(4)9-10(2)3/h9,12H,2,5-8H2,1,3-4H3/b11-9+. The maximum atomic E-state index is 11.4. The van der Waals surface area contributed by atoms with Gasteiger partial charge in [-0.3, -0.25) is 0 Å². The summed E-state index contributed by atoms with van der Waals surface area (Å²) in [7, 11) is -2.87. The van der Waals surface area contributed by atoms with Crippen LogP contribution in [0.25, 0.3) is 0 Å². The number of nitrogens with one attached hydrogen (secondary N) is 1. The Balaban J connectivity index is 3.95. The van der Waals surface area contributed by atoms with Crippen molar-refractivity contribution >= 4 is 9.84 Å². The number of allylic oxidation sites excluding steroid dienone is 3. The third-order valence-corrected chi connectivity index (χ3v) is 3.65. The van der Waals surface area contributed by atoms with Gasteiger partial charge in [0.15, 0.2) is 9.84 Å². The van der Waals surface area contributed by atoms with E-state index in [1.165, 1.54) is 0 Å². The number of hydrogen-bond donors (Lipinski definition) is 1. The quantitative estimate of drug-likeness (QED) is 0.681. The minimum atomic E-state index is -2.87. The van der Waals surface area contributed by atoms with Gasteiger partial charge in [-0.05, 0) is 26.3 Å². The molecule has 0 aromatic rings. The van der Waals surface area contributed by atoms with Crippen LogP contribution in [0.4, 0.5) is 0 Å². The first-order valence-corrected chi connectivity index (χ1v) is 6.97. The zero-order valence-electron chi connectivity index (χ0n) is 9.84. The molecule has 0 saturated carbocycles. The summed E-state index contributed by atoms with van der Waals surface area (Å²) in [6.45, 7) is 9.89. The fourth-order valence-corrected chi connectivity index (χ4v) is 2.48. The molecule has 88 valence electrons. The average Bonchev–Trinajstić information content (AvgIpc) is 2.01. The molecule has 0 rings (SSSR count). The van der Waals surface area contributed by atoms with Crippen LogP contribution in [0.15, 0.2) is 23.9 Å². The van der Waals surface area contributed by atoms with Gasteiger partial charge in [0.25, 0.3) is 0 Å². The van der Waals surface area contributed by atoms with Crippen LogP contribution in [0, 0.1) is 0 Å². The summed E-state index contributed by atoms with van der Waals surface area (Å²) in [6, 6.07) is 0. The lowest BCUT2D eigenvalue weighted by atomic mass is 10.3. The van der Waals surface area contributed by atoms with Crippen LogP contribution in [0.1, 0.15) is 27.2 Å². The van der Waals surface area contributed by atoms with Crippen LogP contribution >= 0.6 is 0 Å². The summed E-state index contributed by atoms with van der Waals surface area (Å²) in [5.41, 5.74) is 1.91. The molecule has 0 bridgehead atoms. The fourth-order valence-electron chi connectivity index (χ4n) is 1.24. The topological polar surface area (TPSA) is 46.2 Å². The molecule has 0 saturated heterocycles. The van der Waals surface area contributed by atoms with Crippen LogP contribution < -0.4 is 5.32 Å². The number of rotatable bonds is 7. The van der Waals surface area contributed by atoms with Crippen molar-refractivity contribution in [2.45, 2.75) is 27.2 Å². The van der Waals surface area contributed by atoms with E-state index in [-0.39, 0.29) is 11.5 Å². The molecule has 0 aromatic heterocycles. The number of hydrogen-bond acceptors (Lipinski definition) is 3. The fraction of sp³-hybridized carbons (Fsp3) is 0.636. The molecule has 4 heteroatoms. The van der Waals surface area contributed by atoms with E-state index in [1.54, 1.807) is 0 Å². The Morgan fingerprint density at radius 1 is 1.33 bits per heavy atom. The van der Waals surface area contributed by atoms with E-state index in [2.05, 4.69) is 11.9 Å². The zero-order chi connectivity index (χ0) is 11.9. The minimum Gasteiger partial charge on any atom is -0.388 e. The summed E-state index contributed by atoms with van der Waals surface area (Å²) < 4.78 is 22.7. The lowest BCUT2D eigenvalue weighted by molar-refractivity contribution is 0.592. The molecule has 0 amide bonds. The van der Waals surface area contributed by atoms with E-state index < -0.39 is 9.84 Å². The van der Waals surface area contributed by atoms with Crippen LogP contribution in [0.3, 0.4) is 0 Å². The van der Waals surface area contributed by atoms with Crippen molar-refractivity contribution in [1.29, 1.82) is 0 Å². The molecule has 0 aliphatic heterocycles. The predicted octanol–water partition coefficient (Wildman–Crippen LogP) is 1.88. The lowest BCUT2D eigenvalue weighted by Crippen LogP contribution is -2.23. The normalized spacial score (nSPS) is 12.6. The molecule has 1 N–H and O–H groups in total. The molecule has 0 aliphatic carbocycles. The second-order valence-electron chi connectivity index (χ2n) is 3.75. The second kappa shape index (κ2) is 6.67. The van der Waals surface area contributed by atoms with Crippen molar-refractivity contribution in [3.8, 4) is 0 Å². The molecule has 0 unspecified atom stereocenters. The molecule has 0 fully saturated rings. The van der Waals surface area contributed by atoms with Gasteiger partial charge in [-0.25, -0.2) is 8.42 Å². The predicted molar refractivity (Wildman–Crippen MR) is 65.5 cm³/mol. The lowest BCUT2D eigenvalue weighted by Gasteiger charge is -2.07. The molecule has 0 radical (unpaired) electrons. The van der Waals surface area contributed by atoms with Crippen molar-refractivity contribution in [2.24, 2.45) is 0 Å². The Morgan fingerprint density at radius 2 is 1.93 bits per heavy atom. The van der Waals surface area contributed by atoms with E-state index in [0.29, 0.717) is 13.0 Å². The Hall–Kier alpha value is -0.770. The molecule has 0 aliphatic rings. The van der Waals surface area contributed by atoms with E-state index >= 15 is 0 Å². The highest BCUT2D eigenvalue weighted by Crippen LogP contribution is 1.96. The maximum absolute atomic E-state index is 11.4. The average molecular weight is 231 g/mol. The monoisotopic (exact) mass is 231 g/mol. The van der Waals surface area contributed by atoms with Gasteiger partial charge in [0.05, 0.1) is 5.75 Å². The van der Waals surface area contributed by atoms with Gasteiger partial charge in [-0.15, -0.1) is 0 Å². The summed E-state index contributed by atoms with van der Waals surface area (Å²) in [4.78, 5) is 0. The van der Waals surface area contributed by atoms with Crippen molar-refractivity contribution in [3.63, 3.8) is 0 Å². The SMILES string of the molecule is C=C(C)/C=C(\C)NCCS(=O)(=O)CCC. The Kier molecular flexibility index (Phi) is 6.32. The van der Waals surface area contributed by atoms with Gasteiger partial charge in [-0.1, -0.05) is 19.1 Å². The molecule has 0 heterocycles. The van der Waals surface area contributed by atoms with Crippen LogP contribution in [-0.4, -0.2) is 26.5 Å². The molecule has 3 nitrogen and oxygen atoms in total. The van der Waals surface area contributed by atoms with Crippen molar-refractivity contribution in [1.82, 2.24) is 5.32 Å². The van der Waals surface area contributed by atoms with Crippen LogP contribution in [0.5, 0.6) is 0 Å². The number of sulfone groups is 1. The molecular formula is C11H21NO2S. The highest BCUT2D eigenvalue weighted by Gasteiger charge is 2.07. The van der Waals surface area contributed by atoms with Crippen LogP contribution in [0.2, 0.25) is 0 Å². The van der Waals surface area contributed by atoms with Gasteiger partial charge >= 0.3 is 0 Å². The minimum absolute atomic E-state index is 0.197. The Bertz CT molecular complexity index is 328. The smallest absolute Gasteiger partial charge is 0.152 e. The molecule has 0 spiro atoms. The third kappa shape index (κ3) is 8.24. The first-order chi connectivity index (χ1) is 6.87. The van der Waals surface area contributed by atoms with Crippen molar-refractivity contribution in [3.05, 3.63) is 23.9 Å². The highest BCUT2D eigenvalue weighted by molar-refractivity contribution is 7.91. The summed E-state index contributed by atoms with van der Waals surface area (Å²) in [5, 5.41) is 3.05. The van der Waals surface area contributed by atoms with Gasteiger partial charge in [0.2, 0.25) is 0 Å². The Labute approximate surface area is 93.2 Å². The first-order valence-electron chi connectivity index (χ1n) is 5.15. The second-order valence-corrected chi connectivity index (χ2v) is 6.06. The molecule has 15 heavy (non-hydrogen) atoms. The van der Waals surface area contributed by atoms with Crippen molar-refractivity contribution in [2.75, 3.05) is 18.1 Å². The molecular weight excluding hydrogens is 210 g/mol. The summed E-state index contributed by atoms with van der Waals surface area (Å²) in [5.74, 6) is 0.472. The van der Waals surface area contributed by atoms with Gasteiger partial charge in [0, 0.05) is 18.0 Å². The highest BCUT2D eigenvalue weighted by atomic mass is 32.2. The largest absolute Gasteiger partial charge is 0.388 e. The third-order valence-electron chi connectivity index (χ3n) is 1.79. The van der Waals surface area contributed by atoms with Crippen molar-refractivity contribution < 1.29 is 8.42 Å². The van der Waals surface area contributed by atoms with Gasteiger partial charge in [-0.2, -0.15) is 0 Å².